The van der Waals surface area contributed by atoms with E-state index in [2.05, 4.69) is 17.9 Å². The van der Waals surface area contributed by atoms with Gasteiger partial charge in [-0.05, 0) is 51.9 Å². The molecule has 0 saturated carbocycles. The van der Waals surface area contributed by atoms with E-state index in [0.717, 1.165) is 24.6 Å². The fourth-order valence-electron chi connectivity index (χ4n) is 2.76. The van der Waals surface area contributed by atoms with Crippen LogP contribution in [0.5, 0.6) is 0 Å². The van der Waals surface area contributed by atoms with Crippen LogP contribution in [0.15, 0.2) is 16.5 Å². The first kappa shape index (κ1) is 12.7. The highest BCUT2D eigenvalue weighted by Crippen LogP contribution is 2.27. The predicted molar refractivity (Wildman–Crippen MR) is 69.9 cm³/mol. The van der Waals surface area contributed by atoms with Crippen molar-refractivity contribution in [2.45, 2.75) is 51.6 Å². The molecule has 3 nitrogen and oxygen atoms in total. The van der Waals surface area contributed by atoms with Crippen LogP contribution in [-0.4, -0.2) is 24.0 Å². The van der Waals surface area contributed by atoms with Gasteiger partial charge >= 0.3 is 0 Å². The van der Waals surface area contributed by atoms with Gasteiger partial charge in [-0.25, -0.2) is 0 Å². The Balaban J connectivity index is 2.15. The highest BCUT2D eigenvalue weighted by Gasteiger charge is 2.27. The molecule has 1 aromatic rings. The fourth-order valence-corrected chi connectivity index (χ4v) is 2.76. The Bertz CT molecular complexity index is 338. The monoisotopic (exact) mass is 236 g/mol. The van der Waals surface area contributed by atoms with Crippen LogP contribution < -0.4 is 5.73 Å². The van der Waals surface area contributed by atoms with E-state index in [0.29, 0.717) is 0 Å². The largest absolute Gasteiger partial charge is 0.465 e. The average Bonchev–Trinajstić information content (AvgIpc) is 2.53. The lowest BCUT2D eigenvalue weighted by atomic mass is 10.1. The summed E-state index contributed by atoms with van der Waals surface area (Å²) in [4.78, 5) is 2.50. The Kier molecular flexibility index (Phi) is 4.24. The van der Waals surface area contributed by atoms with Crippen LogP contribution in [0.3, 0.4) is 0 Å². The van der Waals surface area contributed by atoms with Crippen molar-refractivity contribution in [1.29, 1.82) is 0 Å². The van der Waals surface area contributed by atoms with Gasteiger partial charge < -0.3 is 10.2 Å². The van der Waals surface area contributed by atoms with Gasteiger partial charge in [0, 0.05) is 6.04 Å². The molecule has 0 aliphatic carbocycles. The van der Waals surface area contributed by atoms with E-state index in [1.807, 2.05) is 13.0 Å². The summed E-state index contributed by atoms with van der Waals surface area (Å²) in [6, 6.07) is 4.46. The molecular formula is C14H24N2O. The summed E-state index contributed by atoms with van der Waals surface area (Å²) in [5.41, 5.74) is 6.16. The van der Waals surface area contributed by atoms with Gasteiger partial charge in [-0.3, -0.25) is 4.90 Å². The molecule has 17 heavy (non-hydrogen) atoms. The van der Waals surface area contributed by atoms with Crippen LogP contribution in [0.4, 0.5) is 0 Å². The molecule has 1 fully saturated rings. The van der Waals surface area contributed by atoms with Gasteiger partial charge in [0.1, 0.15) is 11.5 Å². The molecule has 0 aromatic carbocycles. The van der Waals surface area contributed by atoms with Gasteiger partial charge in [-0.2, -0.15) is 0 Å². The Labute approximate surface area is 104 Å². The molecule has 0 amide bonds. The molecule has 96 valence electrons. The van der Waals surface area contributed by atoms with E-state index in [4.69, 9.17) is 10.2 Å². The molecule has 2 unspecified atom stereocenters. The standard InChI is InChI=1S/C14H24N2O/c1-11-7-8-13(17-11)14(12(2)15)16-9-5-3-4-6-10-16/h7-8,12,14H,3-6,9-10,15H2,1-2H3. The molecule has 1 saturated heterocycles. The Morgan fingerprint density at radius 3 is 2.29 bits per heavy atom. The zero-order valence-corrected chi connectivity index (χ0v) is 11.0. The zero-order valence-electron chi connectivity index (χ0n) is 11.0. The normalized spacial score (nSPS) is 22.1. The number of hydrogen-bond acceptors (Lipinski definition) is 3. The predicted octanol–water partition coefficient (Wildman–Crippen LogP) is 2.85. The van der Waals surface area contributed by atoms with Gasteiger partial charge in [0.05, 0.1) is 6.04 Å². The number of nitrogens with zero attached hydrogens (tertiary/aromatic N) is 1. The summed E-state index contributed by atoms with van der Waals surface area (Å²) in [5, 5.41) is 0. The van der Waals surface area contributed by atoms with Crippen LogP contribution in [0.25, 0.3) is 0 Å². The van der Waals surface area contributed by atoms with Crippen LogP contribution in [0.2, 0.25) is 0 Å². The van der Waals surface area contributed by atoms with E-state index >= 15 is 0 Å². The van der Waals surface area contributed by atoms with Crippen LogP contribution in [-0.2, 0) is 0 Å². The summed E-state index contributed by atoms with van der Waals surface area (Å²) in [7, 11) is 0. The van der Waals surface area contributed by atoms with Gasteiger partial charge in [-0.1, -0.05) is 12.8 Å². The first-order chi connectivity index (χ1) is 8.18. The van der Waals surface area contributed by atoms with E-state index in [1.165, 1.54) is 25.7 Å². The number of hydrogen-bond donors (Lipinski definition) is 1. The lowest BCUT2D eigenvalue weighted by Crippen LogP contribution is -2.39. The molecule has 2 N–H and O–H groups in total. The van der Waals surface area contributed by atoms with E-state index in [9.17, 15) is 0 Å². The van der Waals surface area contributed by atoms with E-state index < -0.39 is 0 Å². The summed E-state index contributed by atoms with van der Waals surface area (Å²) < 4.78 is 5.78. The second-order valence-corrected chi connectivity index (χ2v) is 5.20. The molecule has 0 radical (unpaired) electrons. The number of rotatable bonds is 3. The Morgan fingerprint density at radius 1 is 1.18 bits per heavy atom. The zero-order chi connectivity index (χ0) is 12.3. The van der Waals surface area contributed by atoms with Crippen molar-refractivity contribution in [1.82, 2.24) is 4.90 Å². The highest BCUT2D eigenvalue weighted by molar-refractivity contribution is 5.12. The van der Waals surface area contributed by atoms with Crippen molar-refractivity contribution in [3.8, 4) is 0 Å². The molecule has 3 heteroatoms. The van der Waals surface area contributed by atoms with Gasteiger partial charge in [0.25, 0.3) is 0 Å². The first-order valence-corrected chi connectivity index (χ1v) is 6.74. The summed E-state index contributed by atoms with van der Waals surface area (Å²) in [6.07, 6.45) is 5.25. The molecule has 2 rings (SSSR count). The maximum absolute atomic E-state index is 6.16. The van der Waals surface area contributed by atoms with Crippen molar-refractivity contribution in [3.63, 3.8) is 0 Å². The van der Waals surface area contributed by atoms with Gasteiger partial charge in [0.15, 0.2) is 0 Å². The number of nitrogens with two attached hydrogens (primary N) is 1. The minimum atomic E-state index is 0.110. The van der Waals surface area contributed by atoms with Crippen LogP contribution in [0.1, 0.15) is 50.2 Å². The second-order valence-electron chi connectivity index (χ2n) is 5.20. The lowest BCUT2D eigenvalue weighted by Gasteiger charge is -2.31. The van der Waals surface area contributed by atoms with Crippen molar-refractivity contribution < 1.29 is 4.42 Å². The maximum Gasteiger partial charge on any atom is 0.122 e. The number of furan rings is 1. The summed E-state index contributed by atoms with van der Waals surface area (Å²) in [6.45, 7) is 6.36. The van der Waals surface area contributed by atoms with Crippen molar-refractivity contribution in [2.75, 3.05) is 13.1 Å². The molecule has 1 aromatic heterocycles. The smallest absolute Gasteiger partial charge is 0.122 e. The molecule has 0 spiro atoms. The number of aryl methyl sites for hydroxylation is 1. The second kappa shape index (κ2) is 5.69. The molecule has 1 aliphatic rings. The minimum Gasteiger partial charge on any atom is -0.465 e. The highest BCUT2D eigenvalue weighted by atomic mass is 16.3. The lowest BCUT2D eigenvalue weighted by molar-refractivity contribution is 0.159. The molecule has 2 heterocycles. The van der Waals surface area contributed by atoms with Crippen LogP contribution >= 0.6 is 0 Å². The third-order valence-electron chi connectivity index (χ3n) is 3.58. The Morgan fingerprint density at radius 2 is 1.82 bits per heavy atom. The topological polar surface area (TPSA) is 42.4 Å². The van der Waals surface area contributed by atoms with Crippen molar-refractivity contribution >= 4 is 0 Å². The summed E-state index contributed by atoms with van der Waals surface area (Å²) in [5.74, 6) is 2.00. The van der Waals surface area contributed by atoms with Crippen LogP contribution in [0, 0.1) is 6.92 Å². The maximum atomic E-state index is 6.16. The van der Waals surface area contributed by atoms with Gasteiger partial charge in [0.2, 0.25) is 0 Å². The average molecular weight is 236 g/mol. The van der Waals surface area contributed by atoms with E-state index in [-0.39, 0.29) is 12.1 Å². The minimum absolute atomic E-state index is 0.110. The summed E-state index contributed by atoms with van der Waals surface area (Å²) >= 11 is 0. The van der Waals surface area contributed by atoms with Gasteiger partial charge in [-0.15, -0.1) is 0 Å². The van der Waals surface area contributed by atoms with Crippen molar-refractivity contribution in [3.05, 3.63) is 23.7 Å². The van der Waals surface area contributed by atoms with Crippen molar-refractivity contribution in [2.24, 2.45) is 5.73 Å². The first-order valence-electron chi connectivity index (χ1n) is 6.74. The van der Waals surface area contributed by atoms with E-state index in [1.54, 1.807) is 0 Å². The quantitative estimate of drug-likeness (QED) is 0.877. The molecular weight excluding hydrogens is 212 g/mol. The number of likely N-dealkylation sites (tertiary alicyclic amines) is 1. The molecule has 1 aliphatic heterocycles. The SMILES string of the molecule is Cc1ccc(C(C(C)N)N2CCCCCC2)o1. The molecule has 0 bridgehead atoms. The third-order valence-corrected chi connectivity index (χ3v) is 3.58. The molecule has 2 atom stereocenters. The Hall–Kier alpha value is -0.800. The third kappa shape index (κ3) is 3.11. The fraction of sp³-hybridized carbons (Fsp3) is 0.714.